The highest BCUT2D eigenvalue weighted by Gasteiger charge is 2.35. The second-order valence-electron chi connectivity index (χ2n) is 8.36. The second kappa shape index (κ2) is 8.81. The summed E-state index contributed by atoms with van der Waals surface area (Å²) in [7, 11) is 1.69. The van der Waals surface area contributed by atoms with E-state index in [9.17, 15) is 4.79 Å². The standard InChI is InChI=1S/C24H27Cl2N3O2/c1-13-8-15(4-7-21(13)31-3)11-29-12-19-22(17-6-5-16(25)9-20(17)26)18(10-27)14(2)28-23(19)24(29)30/h4,7,9,13H,5-6,8,10-12,27H2,1-3H3. The van der Waals surface area contributed by atoms with E-state index in [-0.39, 0.29) is 5.91 Å². The van der Waals surface area contributed by atoms with Gasteiger partial charge in [-0.3, -0.25) is 4.79 Å². The molecule has 0 aromatic carbocycles. The molecule has 0 spiro atoms. The maximum Gasteiger partial charge on any atom is 0.273 e. The van der Waals surface area contributed by atoms with E-state index >= 15 is 0 Å². The summed E-state index contributed by atoms with van der Waals surface area (Å²) in [5.74, 6) is 1.23. The average Bonchev–Trinajstić information content (AvgIpc) is 3.03. The molecule has 0 radical (unpaired) electrons. The Morgan fingerprint density at radius 1 is 1.29 bits per heavy atom. The molecule has 1 aromatic rings. The van der Waals surface area contributed by atoms with Gasteiger partial charge < -0.3 is 15.4 Å². The molecule has 2 N–H and O–H groups in total. The number of nitrogens with zero attached hydrogens (tertiary/aromatic N) is 2. The minimum absolute atomic E-state index is 0.0425. The number of aromatic nitrogens is 1. The Morgan fingerprint density at radius 3 is 2.71 bits per heavy atom. The molecule has 31 heavy (non-hydrogen) atoms. The summed E-state index contributed by atoms with van der Waals surface area (Å²) in [4.78, 5) is 19.8. The number of allylic oxidation sites excluding steroid dienone is 7. The molecule has 1 aliphatic heterocycles. The van der Waals surface area contributed by atoms with Crippen LogP contribution < -0.4 is 5.73 Å². The normalized spacial score (nSPS) is 21.1. The number of carbonyl (C=O) groups is 1. The van der Waals surface area contributed by atoms with Gasteiger partial charge in [-0.05, 0) is 55.0 Å². The van der Waals surface area contributed by atoms with Crippen molar-refractivity contribution in [2.45, 2.75) is 46.2 Å². The van der Waals surface area contributed by atoms with E-state index in [0.717, 1.165) is 58.0 Å². The van der Waals surface area contributed by atoms with Crippen LogP contribution in [0.4, 0.5) is 0 Å². The SMILES string of the molecule is COC1=CC=C(CN2Cc3c(nc(C)c(CN)c3C3=C(Cl)C=C(Cl)CC3)C2=O)CC1C. The Labute approximate surface area is 193 Å². The van der Waals surface area contributed by atoms with Gasteiger partial charge in [-0.25, -0.2) is 4.98 Å². The number of hydrogen-bond donors (Lipinski definition) is 1. The van der Waals surface area contributed by atoms with Crippen LogP contribution in [0.25, 0.3) is 5.57 Å². The lowest BCUT2D eigenvalue weighted by Gasteiger charge is -2.24. The van der Waals surface area contributed by atoms with Crippen molar-refractivity contribution in [3.63, 3.8) is 0 Å². The molecule has 0 fully saturated rings. The van der Waals surface area contributed by atoms with Crippen molar-refractivity contribution in [2.75, 3.05) is 13.7 Å². The fourth-order valence-corrected chi connectivity index (χ4v) is 5.31. The van der Waals surface area contributed by atoms with Crippen molar-refractivity contribution >= 4 is 34.7 Å². The molecular weight excluding hydrogens is 433 g/mol. The minimum Gasteiger partial charge on any atom is -0.501 e. The first-order valence-electron chi connectivity index (χ1n) is 10.5. The van der Waals surface area contributed by atoms with Gasteiger partial charge in [0.25, 0.3) is 5.91 Å². The van der Waals surface area contributed by atoms with Gasteiger partial charge >= 0.3 is 0 Å². The van der Waals surface area contributed by atoms with Gasteiger partial charge in [-0.15, -0.1) is 0 Å². The summed E-state index contributed by atoms with van der Waals surface area (Å²) in [6.07, 6.45) is 8.18. The maximum atomic E-state index is 13.3. The van der Waals surface area contributed by atoms with Gasteiger partial charge in [0.05, 0.1) is 12.9 Å². The summed E-state index contributed by atoms with van der Waals surface area (Å²) >= 11 is 12.8. The van der Waals surface area contributed by atoms with Crippen LogP contribution in [0.15, 0.2) is 39.6 Å². The highest BCUT2D eigenvalue weighted by Crippen LogP contribution is 2.41. The van der Waals surface area contributed by atoms with E-state index in [1.165, 1.54) is 5.57 Å². The zero-order chi connectivity index (χ0) is 22.3. The molecule has 1 unspecified atom stereocenters. The van der Waals surface area contributed by atoms with Crippen molar-refractivity contribution in [3.8, 4) is 0 Å². The Kier molecular flexibility index (Phi) is 6.29. The molecule has 0 saturated carbocycles. The Balaban J connectivity index is 1.72. The summed E-state index contributed by atoms with van der Waals surface area (Å²) in [6, 6.07) is 0. The molecule has 164 valence electrons. The fraction of sp³-hybridized carbons (Fsp3) is 0.417. The third-order valence-corrected chi connectivity index (χ3v) is 6.94. The van der Waals surface area contributed by atoms with Crippen molar-refractivity contribution in [3.05, 3.63) is 67.7 Å². The van der Waals surface area contributed by atoms with Crippen LogP contribution in [0.2, 0.25) is 0 Å². The highest BCUT2D eigenvalue weighted by atomic mass is 35.5. The largest absolute Gasteiger partial charge is 0.501 e. The highest BCUT2D eigenvalue weighted by molar-refractivity contribution is 6.37. The number of aryl methyl sites for hydroxylation is 1. The average molecular weight is 460 g/mol. The number of carbonyl (C=O) groups excluding carboxylic acids is 1. The van der Waals surface area contributed by atoms with Crippen LogP contribution in [-0.2, 0) is 17.8 Å². The molecule has 5 nitrogen and oxygen atoms in total. The second-order valence-corrected chi connectivity index (χ2v) is 9.26. The van der Waals surface area contributed by atoms with Gasteiger partial charge in [-0.2, -0.15) is 0 Å². The van der Waals surface area contributed by atoms with E-state index in [2.05, 4.69) is 18.0 Å². The van der Waals surface area contributed by atoms with Crippen LogP contribution in [0.5, 0.6) is 0 Å². The number of halogens is 2. The number of hydrogen-bond acceptors (Lipinski definition) is 4. The minimum atomic E-state index is -0.0425. The first-order valence-corrected chi connectivity index (χ1v) is 11.3. The summed E-state index contributed by atoms with van der Waals surface area (Å²) in [5, 5.41) is 1.36. The topological polar surface area (TPSA) is 68.4 Å². The van der Waals surface area contributed by atoms with Crippen molar-refractivity contribution < 1.29 is 9.53 Å². The molecule has 7 heteroatoms. The van der Waals surface area contributed by atoms with E-state index < -0.39 is 0 Å². The number of rotatable bonds is 5. The number of amides is 1. The zero-order valence-corrected chi connectivity index (χ0v) is 19.6. The number of nitrogens with two attached hydrogens (primary N) is 1. The maximum absolute atomic E-state index is 13.3. The van der Waals surface area contributed by atoms with E-state index in [4.69, 9.17) is 33.7 Å². The fourth-order valence-electron chi connectivity index (χ4n) is 4.73. The van der Waals surface area contributed by atoms with Crippen molar-refractivity contribution in [1.29, 1.82) is 0 Å². The van der Waals surface area contributed by atoms with Crippen molar-refractivity contribution in [2.24, 2.45) is 11.7 Å². The first-order chi connectivity index (χ1) is 14.8. The smallest absolute Gasteiger partial charge is 0.273 e. The Hall–Kier alpha value is -2.08. The zero-order valence-electron chi connectivity index (χ0n) is 18.1. The van der Waals surface area contributed by atoms with Gasteiger partial charge in [0.1, 0.15) is 5.69 Å². The van der Waals surface area contributed by atoms with E-state index in [1.807, 2.05) is 17.9 Å². The van der Waals surface area contributed by atoms with Gasteiger partial charge in [0.15, 0.2) is 0 Å². The van der Waals surface area contributed by atoms with Crippen LogP contribution in [0, 0.1) is 12.8 Å². The Bertz CT molecular complexity index is 1070. The summed E-state index contributed by atoms with van der Waals surface area (Å²) in [6.45, 7) is 5.46. The third-order valence-electron chi connectivity index (χ3n) is 6.30. The lowest BCUT2D eigenvalue weighted by atomic mass is 9.88. The summed E-state index contributed by atoms with van der Waals surface area (Å²) in [5.41, 5.74) is 12.5. The third kappa shape index (κ3) is 4.07. The quantitative estimate of drug-likeness (QED) is 0.659. The van der Waals surface area contributed by atoms with E-state index in [0.29, 0.717) is 36.3 Å². The van der Waals surface area contributed by atoms with Crippen molar-refractivity contribution in [1.82, 2.24) is 9.88 Å². The number of pyridine rings is 1. The Morgan fingerprint density at radius 2 is 2.06 bits per heavy atom. The molecule has 1 aromatic heterocycles. The van der Waals surface area contributed by atoms with Crippen LogP contribution in [0.1, 0.15) is 59.1 Å². The monoisotopic (exact) mass is 459 g/mol. The molecule has 0 bridgehead atoms. The van der Waals surface area contributed by atoms with Gasteiger partial charge in [-0.1, -0.05) is 41.8 Å². The predicted molar refractivity (Wildman–Crippen MR) is 125 cm³/mol. The molecule has 1 amide bonds. The van der Waals surface area contributed by atoms with Crippen LogP contribution in [0.3, 0.4) is 0 Å². The molecule has 2 aliphatic carbocycles. The first kappa shape index (κ1) is 22.1. The molecule has 2 heterocycles. The number of fused-ring (bicyclic) bond motifs is 1. The molecule has 1 atom stereocenters. The van der Waals surface area contributed by atoms with E-state index in [1.54, 1.807) is 13.2 Å². The lowest BCUT2D eigenvalue weighted by Crippen LogP contribution is -2.27. The van der Waals surface area contributed by atoms with Gasteiger partial charge in [0, 0.05) is 46.9 Å². The molecule has 3 aliphatic rings. The molecule has 0 saturated heterocycles. The van der Waals surface area contributed by atoms with Crippen LogP contribution in [-0.4, -0.2) is 29.4 Å². The number of ether oxygens (including phenoxy) is 1. The van der Waals surface area contributed by atoms with Crippen LogP contribution >= 0.6 is 23.2 Å². The molecular formula is C24H27Cl2N3O2. The predicted octanol–water partition coefficient (Wildman–Crippen LogP) is 5.17. The lowest BCUT2D eigenvalue weighted by molar-refractivity contribution is 0.0785. The molecule has 4 rings (SSSR count). The number of methoxy groups -OCH3 is 1. The van der Waals surface area contributed by atoms with Gasteiger partial charge in [0.2, 0.25) is 0 Å². The summed E-state index contributed by atoms with van der Waals surface area (Å²) < 4.78 is 5.42.